The number of hydrogen-bond acceptors (Lipinski definition) is 2. The highest BCUT2D eigenvalue weighted by Crippen LogP contribution is 2.66. The standard InChI is InChI=1S/C16H25Br2ClO2/c1-13(2)10(17)8-12(21-5)15(4,20)16(13)7-6-14(3,19)11(18)9-16/h8,11-12,20H,6-7,9H2,1-5H3/t11-,12-,14-,15+,16+/m0/s1. The van der Waals surface area contributed by atoms with Crippen molar-refractivity contribution >= 4 is 43.5 Å². The van der Waals surface area contributed by atoms with Crippen molar-refractivity contribution in [3.05, 3.63) is 10.6 Å². The van der Waals surface area contributed by atoms with Crippen LogP contribution in [0.2, 0.25) is 0 Å². The normalized spacial score (nSPS) is 50.0. The van der Waals surface area contributed by atoms with Gasteiger partial charge < -0.3 is 9.84 Å². The zero-order chi connectivity index (χ0) is 16.3. The van der Waals surface area contributed by atoms with E-state index in [1.165, 1.54) is 0 Å². The molecule has 1 spiro atoms. The van der Waals surface area contributed by atoms with Gasteiger partial charge in [0, 0.05) is 27.2 Å². The van der Waals surface area contributed by atoms with Crippen LogP contribution in [0.4, 0.5) is 0 Å². The largest absolute Gasteiger partial charge is 0.387 e. The zero-order valence-electron chi connectivity index (χ0n) is 13.3. The Morgan fingerprint density at radius 2 is 1.86 bits per heavy atom. The smallest absolute Gasteiger partial charge is 0.105 e. The van der Waals surface area contributed by atoms with Gasteiger partial charge in [0.05, 0.1) is 10.5 Å². The molecule has 0 saturated heterocycles. The Balaban J connectivity index is 2.56. The van der Waals surface area contributed by atoms with Crippen molar-refractivity contribution < 1.29 is 9.84 Å². The summed E-state index contributed by atoms with van der Waals surface area (Å²) in [4.78, 5) is -0.116. The van der Waals surface area contributed by atoms with Crippen molar-refractivity contribution in [1.82, 2.24) is 0 Å². The topological polar surface area (TPSA) is 29.5 Å². The maximum absolute atomic E-state index is 11.4. The Bertz CT molecular complexity index is 459. The molecular formula is C16H25Br2ClO2. The SMILES string of the molecule is CO[C@H]1C=C(Br)C(C)(C)[C@]2(CC[C@](C)(Cl)[C@@H](Br)C2)[C@]1(C)O. The molecule has 1 N–H and O–H groups in total. The van der Waals surface area contributed by atoms with Gasteiger partial charge in [-0.15, -0.1) is 11.6 Å². The molecule has 2 aliphatic rings. The maximum Gasteiger partial charge on any atom is 0.105 e. The second-order valence-corrected chi connectivity index (χ2v) is 10.3. The Hall–Kier alpha value is 0.910. The fraction of sp³-hybridized carbons (Fsp3) is 0.875. The second kappa shape index (κ2) is 5.47. The lowest BCUT2D eigenvalue weighted by Crippen LogP contribution is -2.66. The molecule has 5 atom stereocenters. The molecule has 122 valence electrons. The molecule has 1 saturated carbocycles. The van der Waals surface area contributed by atoms with Gasteiger partial charge in [0.1, 0.15) is 6.10 Å². The molecule has 5 heteroatoms. The van der Waals surface area contributed by atoms with Crippen molar-refractivity contribution in [2.75, 3.05) is 7.11 Å². The van der Waals surface area contributed by atoms with Crippen LogP contribution < -0.4 is 0 Å². The van der Waals surface area contributed by atoms with Gasteiger partial charge in [0.15, 0.2) is 0 Å². The van der Waals surface area contributed by atoms with Gasteiger partial charge >= 0.3 is 0 Å². The fourth-order valence-corrected chi connectivity index (χ4v) is 5.77. The number of hydrogen-bond donors (Lipinski definition) is 1. The molecule has 0 bridgehead atoms. The zero-order valence-corrected chi connectivity index (χ0v) is 17.3. The highest BCUT2D eigenvalue weighted by atomic mass is 79.9. The lowest BCUT2D eigenvalue weighted by molar-refractivity contribution is -0.198. The molecule has 0 aromatic carbocycles. The first kappa shape index (κ1) is 18.3. The number of rotatable bonds is 1. The van der Waals surface area contributed by atoms with Crippen molar-refractivity contribution in [3.63, 3.8) is 0 Å². The summed E-state index contributed by atoms with van der Waals surface area (Å²) in [6.45, 7) is 8.38. The van der Waals surface area contributed by atoms with Gasteiger partial charge in [-0.1, -0.05) is 45.7 Å². The molecule has 0 amide bonds. The third-order valence-corrected chi connectivity index (χ3v) is 9.40. The molecule has 21 heavy (non-hydrogen) atoms. The molecule has 2 aliphatic carbocycles. The van der Waals surface area contributed by atoms with Crippen LogP contribution in [0.1, 0.15) is 47.0 Å². The molecule has 1 fully saturated rings. The average molecular weight is 445 g/mol. The van der Waals surface area contributed by atoms with Crippen molar-refractivity contribution in [2.45, 2.75) is 68.4 Å². The number of allylic oxidation sites excluding steroid dienone is 1. The predicted molar refractivity (Wildman–Crippen MR) is 95.5 cm³/mol. The Labute approximate surface area is 149 Å². The summed E-state index contributed by atoms with van der Waals surface area (Å²) in [5.74, 6) is 0. The lowest BCUT2D eigenvalue weighted by atomic mass is 9.47. The number of methoxy groups -OCH3 is 1. The number of ether oxygens (including phenoxy) is 1. The summed E-state index contributed by atoms with van der Waals surface area (Å²) in [6.07, 6.45) is 4.23. The summed E-state index contributed by atoms with van der Waals surface area (Å²) >= 11 is 14.1. The molecule has 0 unspecified atom stereocenters. The van der Waals surface area contributed by atoms with Crippen LogP contribution in [0.3, 0.4) is 0 Å². The van der Waals surface area contributed by atoms with Crippen molar-refractivity contribution in [2.24, 2.45) is 10.8 Å². The van der Waals surface area contributed by atoms with E-state index in [4.69, 9.17) is 16.3 Å². The molecular weight excluding hydrogens is 419 g/mol. The van der Waals surface area contributed by atoms with E-state index >= 15 is 0 Å². The number of aliphatic hydroxyl groups is 1. The minimum Gasteiger partial charge on any atom is -0.387 e. The Kier molecular flexibility index (Phi) is 4.76. The monoisotopic (exact) mass is 442 g/mol. The summed E-state index contributed by atoms with van der Waals surface area (Å²) in [7, 11) is 1.65. The first-order valence-corrected chi connectivity index (χ1v) is 9.47. The summed E-state index contributed by atoms with van der Waals surface area (Å²) in [6, 6.07) is 0. The van der Waals surface area contributed by atoms with Crippen LogP contribution in [0.25, 0.3) is 0 Å². The third-order valence-electron chi connectivity index (χ3n) is 6.09. The minimum absolute atomic E-state index is 0.155. The van der Waals surface area contributed by atoms with Gasteiger partial charge in [-0.25, -0.2) is 0 Å². The van der Waals surface area contributed by atoms with E-state index < -0.39 is 5.60 Å². The minimum atomic E-state index is -0.943. The number of halogens is 3. The second-order valence-electron chi connectivity index (χ2n) is 7.48. The first-order valence-electron chi connectivity index (χ1n) is 7.38. The molecule has 0 aromatic heterocycles. The van der Waals surface area contributed by atoms with E-state index in [2.05, 4.69) is 52.6 Å². The molecule has 2 nitrogen and oxygen atoms in total. The lowest BCUT2D eigenvalue weighted by Gasteiger charge is -2.63. The van der Waals surface area contributed by atoms with E-state index in [1.54, 1.807) is 7.11 Å². The summed E-state index contributed by atoms with van der Waals surface area (Å²) in [5, 5.41) is 11.4. The van der Waals surface area contributed by atoms with Crippen molar-refractivity contribution in [3.8, 4) is 0 Å². The maximum atomic E-state index is 11.4. The molecule has 0 aromatic rings. The van der Waals surface area contributed by atoms with Gasteiger partial charge in [-0.3, -0.25) is 0 Å². The van der Waals surface area contributed by atoms with Crippen LogP contribution in [-0.2, 0) is 4.74 Å². The van der Waals surface area contributed by atoms with E-state index in [0.29, 0.717) is 0 Å². The van der Waals surface area contributed by atoms with E-state index in [1.807, 2.05) is 13.0 Å². The highest BCUT2D eigenvalue weighted by Gasteiger charge is 2.65. The molecule has 0 heterocycles. The average Bonchev–Trinajstić information content (AvgIpc) is 2.36. The van der Waals surface area contributed by atoms with Crippen LogP contribution in [-0.4, -0.2) is 33.6 Å². The van der Waals surface area contributed by atoms with Crippen LogP contribution >= 0.6 is 43.5 Å². The van der Waals surface area contributed by atoms with Gasteiger partial charge in [0.25, 0.3) is 0 Å². The van der Waals surface area contributed by atoms with Crippen LogP contribution in [0, 0.1) is 10.8 Å². The summed E-state index contributed by atoms with van der Waals surface area (Å²) in [5.41, 5.74) is -1.41. The predicted octanol–water partition coefficient (Wildman–Crippen LogP) is 5.00. The fourth-order valence-electron chi connectivity index (χ4n) is 4.20. The number of alkyl halides is 2. The Morgan fingerprint density at radius 1 is 1.29 bits per heavy atom. The quantitative estimate of drug-likeness (QED) is 0.577. The van der Waals surface area contributed by atoms with Crippen LogP contribution in [0.5, 0.6) is 0 Å². The molecule has 2 rings (SSSR count). The molecule has 0 aliphatic heterocycles. The van der Waals surface area contributed by atoms with Gasteiger partial charge in [-0.05, 0) is 39.2 Å². The third kappa shape index (κ3) is 2.48. The van der Waals surface area contributed by atoms with E-state index in [-0.39, 0.29) is 26.6 Å². The van der Waals surface area contributed by atoms with Crippen LogP contribution in [0.15, 0.2) is 10.6 Å². The van der Waals surface area contributed by atoms with E-state index in [0.717, 1.165) is 23.7 Å². The van der Waals surface area contributed by atoms with Gasteiger partial charge in [0.2, 0.25) is 0 Å². The summed E-state index contributed by atoms with van der Waals surface area (Å²) < 4.78 is 6.68. The highest BCUT2D eigenvalue weighted by molar-refractivity contribution is 9.11. The first-order chi connectivity index (χ1) is 9.42. The Morgan fingerprint density at radius 3 is 2.33 bits per heavy atom. The molecule has 0 radical (unpaired) electrons. The van der Waals surface area contributed by atoms with Gasteiger partial charge in [-0.2, -0.15) is 0 Å². The van der Waals surface area contributed by atoms with E-state index in [9.17, 15) is 5.11 Å². The van der Waals surface area contributed by atoms with Crippen molar-refractivity contribution in [1.29, 1.82) is 0 Å².